The van der Waals surface area contributed by atoms with Crippen molar-refractivity contribution in [3.05, 3.63) is 82.6 Å². The van der Waals surface area contributed by atoms with Crippen molar-refractivity contribution in [1.29, 1.82) is 0 Å². The average Bonchev–Trinajstić information content (AvgIpc) is 3.33. The van der Waals surface area contributed by atoms with Gasteiger partial charge in [-0.1, -0.05) is 53.8 Å². The highest BCUT2D eigenvalue weighted by atomic mass is 32.1. The van der Waals surface area contributed by atoms with Gasteiger partial charge in [0.1, 0.15) is 0 Å². The Kier molecular flexibility index (Phi) is 4.62. The van der Waals surface area contributed by atoms with Crippen molar-refractivity contribution >= 4 is 28.8 Å². The summed E-state index contributed by atoms with van der Waals surface area (Å²) in [7, 11) is 0. The number of benzene rings is 1. The van der Waals surface area contributed by atoms with E-state index in [-0.39, 0.29) is 0 Å². The van der Waals surface area contributed by atoms with E-state index in [1.54, 1.807) is 17.5 Å². The summed E-state index contributed by atoms with van der Waals surface area (Å²) in [5.41, 5.74) is 5.47. The number of fused-ring (bicyclic) bond motifs is 3. The quantitative estimate of drug-likeness (QED) is 0.444. The fraction of sp³-hybridized carbons (Fsp3) is 0.130. The lowest BCUT2D eigenvalue weighted by molar-refractivity contribution is 0.760. The van der Waals surface area contributed by atoms with Crippen LogP contribution < -0.4 is 0 Å². The summed E-state index contributed by atoms with van der Waals surface area (Å²) in [4.78, 5) is 15.1. The molecule has 0 saturated carbocycles. The van der Waals surface area contributed by atoms with E-state index in [0.29, 0.717) is 0 Å². The van der Waals surface area contributed by atoms with Gasteiger partial charge < -0.3 is 0 Å². The van der Waals surface area contributed by atoms with E-state index >= 15 is 0 Å². The highest BCUT2D eigenvalue weighted by Gasteiger charge is 2.27. The topological polar surface area (TPSA) is 56.0 Å². The predicted octanol–water partition coefficient (Wildman–Crippen LogP) is 5.21. The molecular weight excluding hydrogens is 378 g/mol. The number of rotatable bonds is 4. The Morgan fingerprint density at radius 2 is 1.93 bits per heavy atom. The first-order valence-corrected chi connectivity index (χ1v) is 10.4. The summed E-state index contributed by atoms with van der Waals surface area (Å²) in [6.45, 7) is 2.04. The molecule has 0 saturated heterocycles. The fourth-order valence-corrected chi connectivity index (χ4v) is 4.52. The molecule has 0 spiro atoms. The molecule has 142 valence electrons. The van der Waals surface area contributed by atoms with Crippen LogP contribution in [0.25, 0.3) is 23.2 Å². The highest BCUT2D eigenvalue weighted by molar-refractivity contribution is 7.15. The van der Waals surface area contributed by atoms with Crippen LogP contribution in [0, 0.1) is 6.92 Å². The summed E-state index contributed by atoms with van der Waals surface area (Å²) in [6.07, 6.45) is 9.47. The van der Waals surface area contributed by atoms with Crippen molar-refractivity contribution in [2.45, 2.75) is 19.8 Å². The van der Waals surface area contributed by atoms with Crippen molar-refractivity contribution < 1.29 is 0 Å². The molecule has 6 heteroatoms. The van der Waals surface area contributed by atoms with E-state index < -0.39 is 0 Å². The molecule has 3 aromatic heterocycles. The van der Waals surface area contributed by atoms with Gasteiger partial charge >= 0.3 is 0 Å². The first-order chi connectivity index (χ1) is 14.3. The number of aryl methyl sites for hydroxylation is 2. The van der Waals surface area contributed by atoms with Gasteiger partial charge in [-0.2, -0.15) is 5.10 Å². The molecule has 1 aliphatic carbocycles. The normalized spacial score (nSPS) is 13.1. The van der Waals surface area contributed by atoms with E-state index in [1.807, 2.05) is 66.4 Å². The monoisotopic (exact) mass is 397 g/mol. The maximum absolute atomic E-state index is 4.82. The van der Waals surface area contributed by atoms with Gasteiger partial charge in [0.25, 0.3) is 0 Å². The average molecular weight is 398 g/mol. The third kappa shape index (κ3) is 3.43. The molecule has 29 heavy (non-hydrogen) atoms. The molecule has 0 N–H and O–H groups in total. The minimum atomic E-state index is 0.783. The molecule has 0 atom stereocenters. The molecule has 0 unspecified atom stereocenters. The Morgan fingerprint density at radius 3 is 2.76 bits per heavy atom. The van der Waals surface area contributed by atoms with Crippen LogP contribution in [-0.2, 0) is 12.8 Å². The number of aliphatic imine (C=N–C) groups is 1. The van der Waals surface area contributed by atoms with Crippen LogP contribution in [0.15, 0.2) is 65.8 Å². The van der Waals surface area contributed by atoms with E-state index in [1.165, 1.54) is 10.6 Å². The van der Waals surface area contributed by atoms with Crippen molar-refractivity contribution in [2.24, 2.45) is 4.99 Å². The summed E-state index contributed by atoms with van der Waals surface area (Å²) in [5, 5.41) is 5.53. The first-order valence-electron chi connectivity index (χ1n) is 9.55. The van der Waals surface area contributed by atoms with E-state index in [2.05, 4.69) is 22.1 Å². The lowest BCUT2D eigenvalue weighted by Gasteiger charge is -2.13. The fourth-order valence-electron chi connectivity index (χ4n) is 3.60. The Balaban J connectivity index is 1.44. The van der Waals surface area contributed by atoms with Crippen LogP contribution in [0.4, 0.5) is 5.13 Å². The first kappa shape index (κ1) is 17.7. The smallest absolute Gasteiger partial charge is 0.209 e. The molecule has 0 bridgehead atoms. The van der Waals surface area contributed by atoms with Crippen molar-refractivity contribution in [2.75, 3.05) is 0 Å². The van der Waals surface area contributed by atoms with Crippen LogP contribution in [0.1, 0.15) is 21.8 Å². The molecular formula is C23H19N5S. The van der Waals surface area contributed by atoms with Gasteiger partial charge in [0, 0.05) is 22.9 Å². The summed E-state index contributed by atoms with van der Waals surface area (Å²) >= 11 is 1.66. The standard InChI is InChI=1S/C23H19N5S/c1-16-21-18(28(27-16)20-11-5-6-14-24-20)12-13-19-22(21)26-23(29-19)25-15-7-10-17-8-3-2-4-9-17/h2-11,14-15H,12-13H2,1H3/b10-7+,25-15+. The Morgan fingerprint density at radius 1 is 1.07 bits per heavy atom. The van der Waals surface area contributed by atoms with Crippen LogP contribution >= 0.6 is 11.3 Å². The van der Waals surface area contributed by atoms with Crippen molar-refractivity contribution in [3.63, 3.8) is 0 Å². The molecule has 5 rings (SSSR count). The Hall–Kier alpha value is -3.38. The van der Waals surface area contributed by atoms with Crippen LogP contribution in [0.5, 0.6) is 0 Å². The van der Waals surface area contributed by atoms with Crippen molar-refractivity contribution in [1.82, 2.24) is 19.7 Å². The SMILES string of the molecule is Cc1nn(-c2ccccn2)c2c1-c1nc(/N=C/C=C/c3ccccc3)sc1CC2. The number of allylic oxidation sites excluding steroid dienone is 1. The second-order valence-electron chi connectivity index (χ2n) is 6.82. The number of pyridine rings is 1. The maximum atomic E-state index is 4.82. The lowest BCUT2D eigenvalue weighted by Crippen LogP contribution is -2.08. The third-order valence-corrected chi connectivity index (χ3v) is 5.92. The zero-order valence-corrected chi connectivity index (χ0v) is 16.8. The molecule has 0 fully saturated rings. The molecule has 0 amide bonds. The summed E-state index contributed by atoms with van der Waals surface area (Å²) in [5.74, 6) is 0.847. The third-order valence-electron chi connectivity index (χ3n) is 4.89. The summed E-state index contributed by atoms with van der Waals surface area (Å²) < 4.78 is 1.96. The maximum Gasteiger partial charge on any atom is 0.209 e. The van der Waals surface area contributed by atoms with Gasteiger partial charge in [-0.3, -0.25) is 0 Å². The van der Waals surface area contributed by atoms with E-state index in [0.717, 1.165) is 46.3 Å². The number of hydrogen-bond acceptors (Lipinski definition) is 5. The number of thiazole rings is 1. The Labute approximate surface area is 173 Å². The van der Waals surface area contributed by atoms with Gasteiger partial charge in [0.2, 0.25) is 5.13 Å². The summed E-state index contributed by atoms with van der Waals surface area (Å²) in [6, 6.07) is 16.1. The van der Waals surface area contributed by atoms with Gasteiger partial charge in [-0.25, -0.2) is 19.6 Å². The van der Waals surface area contributed by atoms with E-state index in [9.17, 15) is 0 Å². The number of nitrogens with zero attached hydrogens (tertiary/aromatic N) is 5. The lowest BCUT2D eigenvalue weighted by atomic mass is 9.98. The molecule has 1 aliphatic rings. The zero-order chi connectivity index (χ0) is 19.6. The van der Waals surface area contributed by atoms with Crippen LogP contribution in [0.3, 0.4) is 0 Å². The van der Waals surface area contributed by atoms with Gasteiger partial charge in [0.05, 0.1) is 17.1 Å². The molecule has 4 aromatic rings. The zero-order valence-electron chi connectivity index (χ0n) is 16.0. The molecule has 5 nitrogen and oxygen atoms in total. The number of hydrogen-bond donors (Lipinski definition) is 0. The minimum absolute atomic E-state index is 0.783. The second kappa shape index (κ2) is 7.56. The predicted molar refractivity (Wildman–Crippen MR) is 118 cm³/mol. The van der Waals surface area contributed by atoms with Crippen LogP contribution in [0.2, 0.25) is 0 Å². The molecule has 3 heterocycles. The molecule has 0 aliphatic heterocycles. The molecule has 0 radical (unpaired) electrons. The van der Waals surface area contributed by atoms with Gasteiger partial charge in [-0.15, -0.1) is 0 Å². The number of aromatic nitrogens is 4. The second-order valence-corrected chi connectivity index (χ2v) is 7.89. The van der Waals surface area contributed by atoms with Gasteiger partial charge in [0.15, 0.2) is 5.82 Å². The van der Waals surface area contributed by atoms with Crippen molar-refractivity contribution in [3.8, 4) is 17.1 Å². The molecule has 1 aromatic carbocycles. The van der Waals surface area contributed by atoms with E-state index in [4.69, 9.17) is 10.1 Å². The van der Waals surface area contributed by atoms with Gasteiger partial charge in [-0.05, 0) is 43.5 Å². The minimum Gasteiger partial charge on any atom is -0.237 e. The van der Waals surface area contributed by atoms with Crippen LogP contribution in [-0.4, -0.2) is 26.0 Å². The highest BCUT2D eigenvalue weighted by Crippen LogP contribution is 2.41. The largest absolute Gasteiger partial charge is 0.237 e. The Bertz CT molecular complexity index is 1200.